The maximum Gasteiger partial charge on any atom is 0.256 e. The molecular weight excluding hydrogens is 266 g/mol. The normalized spacial score (nSPS) is 18.5. The first-order valence-electron chi connectivity index (χ1n) is 7.36. The number of hydrogen-bond acceptors (Lipinski definition) is 3. The predicted molar refractivity (Wildman–Crippen MR) is 79.1 cm³/mol. The van der Waals surface area contributed by atoms with Crippen molar-refractivity contribution in [3.8, 4) is 0 Å². The van der Waals surface area contributed by atoms with Crippen LogP contribution in [0, 0.1) is 20.8 Å². The van der Waals surface area contributed by atoms with E-state index in [0.29, 0.717) is 0 Å². The van der Waals surface area contributed by atoms with Gasteiger partial charge in [-0.3, -0.25) is 4.79 Å². The summed E-state index contributed by atoms with van der Waals surface area (Å²) in [5.74, 6) is 0.928. The molecule has 0 spiro atoms. The van der Waals surface area contributed by atoms with Crippen molar-refractivity contribution in [2.24, 2.45) is 7.05 Å². The lowest BCUT2D eigenvalue weighted by atomic mass is 10.0. The molecule has 0 radical (unpaired) electrons. The summed E-state index contributed by atoms with van der Waals surface area (Å²) < 4.78 is 7.26. The largest absolute Gasteiger partial charge is 0.361 e. The minimum absolute atomic E-state index is 0.0864. The van der Waals surface area contributed by atoms with E-state index in [2.05, 4.69) is 5.16 Å². The van der Waals surface area contributed by atoms with Crippen molar-refractivity contribution in [3.63, 3.8) is 0 Å². The van der Waals surface area contributed by atoms with E-state index < -0.39 is 0 Å². The molecule has 2 aromatic heterocycles. The van der Waals surface area contributed by atoms with Crippen LogP contribution in [0.1, 0.15) is 52.0 Å². The van der Waals surface area contributed by atoms with Crippen LogP contribution in [-0.2, 0) is 7.05 Å². The molecule has 21 heavy (non-hydrogen) atoms. The summed E-state index contributed by atoms with van der Waals surface area (Å²) in [7, 11) is 1.96. The van der Waals surface area contributed by atoms with Gasteiger partial charge in [0.1, 0.15) is 5.76 Å². The summed E-state index contributed by atoms with van der Waals surface area (Å²) in [6.45, 7) is 6.64. The minimum Gasteiger partial charge on any atom is -0.361 e. The van der Waals surface area contributed by atoms with E-state index in [9.17, 15) is 4.79 Å². The molecule has 0 N–H and O–H groups in total. The van der Waals surface area contributed by atoms with Gasteiger partial charge in [0.2, 0.25) is 0 Å². The maximum absolute atomic E-state index is 12.9. The van der Waals surface area contributed by atoms with Crippen molar-refractivity contribution in [1.82, 2.24) is 14.6 Å². The second kappa shape index (κ2) is 5.06. The molecule has 0 aromatic carbocycles. The third kappa shape index (κ3) is 2.17. The fourth-order valence-electron chi connectivity index (χ4n) is 3.27. The molecule has 112 valence electrons. The van der Waals surface area contributed by atoms with Crippen LogP contribution >= 0.6 is 0 Å². The summed E-state index contributed by atoms with van der Waals surface area (Å²) in [5, 5.41) is 4.03. The van der Waals surface area contributed by atoms with E-state index in [0.717, 1.165) is 47.7 Å². The highest BCUT2D eigenvalue weighted by Gasteiger charge is 2.34. The zero-order chi connectivity index (χ0) is 15.1. The van der Waals surface area contributed by atoms with E-state index in [4.69, 9.17) is 4.52 Å². The van der Waals surface area contributed by atoms with E-state index >= 15 is 0 Å². The van der Waals surface area contributed by atoms with Crippen molar-refractivity contribution in [1.29, 1.82) is 0 Å². The van der Waals surface area contributed by atoms with Crippen molar-refractivity contribution in [2.75, 3.05) is 6.54 Å². The Balaban J connectivity index is 1.95. The molecule has 0 aliphatic carbocycles. The van der Waals surface area contributed by atoms with Crippen LogP contribution in [0.4, 0.5) is 0 Å². The Labute approximate surface area is 124 Å². The lowest BCUT2D eigenvalue weighted by Crippen LogP contribution is -2.31. The van der Waals surface area contributed by atoms with Crippen molar-refractivity contribution in [2.45, 2.75) is 39.7 Å². The first-order valence-corrected chi connectivity index (χ1v) is 7.36. The zero-order valence-electron chi connectivity index (χ0n) is 13.0. The monoisotopic (exact) mass is 287 g/mol. The second-order valence-corrected chi connectivity index (χ2v) is 5.82. The van der Waals surface area contributed by atoms with Gasteiger partial charge < -0.3 is 14.0 Å². The number of rotatable bonds is 2. The first kappa shape index (κ1) is 13.9. The number of aromatic nitrogens is 2. The minimum atomic E-state index is 0.0864. The molecular formula is C16H21N3O2. The van der Waals surface area contributed by atoms with Crippen molar-refractivity contribution in [3.05, 3.63) is 40.5 Å². The third-order valence-corrected chi connectivity index (χ3v) is 4.55. The molecule has 3 rings (SSSR count). The molecule has 5 nitrogen and oxygen atoms in total. The molecule has 0 bridgehead atoms. The highest BCUT2D eigenvalue weighted by molar-refractivity contribution is 5.96. The quantitative estimate of drug-likeness (QED) is 0.853. The van der Waals surface area contributed by atoms with Gasteiger partial charge in [-0.05, 0) is 39.7 Å². The van der Waals surface area contributed by atoms with Gasteiger partial charge in [0.15, 0.2) is 0 Å². The number of carbonyl (C=O) groups is 1. The smallest absolute Gasteiger partial charge is 0.256 e. The second-order valence-electron chi connectivity index (χ2n) is 5.82. The third-order valence-electron chi connectivity index (χ3n) is 4.55. The van der Waals surface area contributed by atoms with E-state index in [1.165, 1.54) is 0 Å². The molecule has 0 saturated carbocycles. The number of likely N-dealkylation sites (tertiary alicyclic amines) is 1. The molecule has 1 amide bonds. The molecule has 5 heteroatoms. The molecule has 2 aromatic rings. The van der Waals surface area contributed by atoms with Gasteiger partial charge in [-0.25, -0.2) is 0 Å². The van der Waals surface area contributed by atoms with Gasteiger partial charge in [0.05, 0.1) is 17.3 Å². The Bertz CT molecular complexity index is 664. The average molecular weight is 287 g/mol. The lowest BCUT2D eigenvalue weighted by molar-refractivity contribution is 0.0734. The SMILES string of the molecule is Cc1noc(C)c1[C@H]1CCCN1C(=O)c1ccn(C)c1C. The zero-order valence-corrected chi connectivity index (χ0v) is 13.0. The van der Waals surface area contributed by atoms with Crippen LogP contribution in [-0.4, -0.2) is 27.1 Å². The first-order chi connectivity index (χ1) is 10.0. The van der Waals surface area contributed by atoms with E-state index in [1.54, 1.807) is 0 Å². The Morgan fingerprint density at radius 3 is 2.71 bits per heavy atom. The van der Waals surface area contributed by atoms with Gasteiger partial charge in [-0.15, -0.1) is 0 Å². The summed E-state index contributed by atoms with van der Waals surface area (Å²) >= 11 is 0. The topological polar surface area (TPSA) is 51.3 Å². The van der Waals surface area contributed by atoms with E-state index in [-0.39, 0.29) is 11.9 Å². The number of amides is 1. The standard InChI is InChI=1S/C16H21N3O2/c1-10-15(12(3)21-17-10)14-6-5-8-19(14)16(20)13-7-9-18(4)11(13)2/h7,9,14H,5-6,8H2,1-4H3/t14-/m1/s1. The summed E-state index contributed by atoms with van der Waals surface area (Å²) in [5.41, 5.74) is 3.76. The average Bonchev–Trinajstić information content (AvgIpc) is 3.12. The van der Waals surface area contributed by atoms with Crippen LogP contribution in [0.15, 0.2) is 16.8 Å². The highest BCUT2D eigenvalue weighted by Crippen LogP contribution is 2.36. The maximum atomic E-state index is 12.9. The molecule has 3 heterocycles. The van der Waals surface area contributed by atoms with Crippen LogP contribution in [0.25, 0.3) is 0 Å². The fraction of sp³-hybridized carbons (Fsp3) is 0.500. The summed E-state index contributed by atoms with van der Waals surface area (Å²) in [4.78, 5) is 14.8. The molecule has 1 aliphatic heterocycles. The predicted octanol–water partition coefficient (Wildman–Crippen LogP) is 2.92. The van der Waals surface area contributed by atoms with Gasteiger partial charge in [-0.1, -0.05) is 5.16 Å². The van der Waals surface area contributed by atoms with Crippen LogP contribution < -0.4 is 0 Å². The molecule has 1 atom stereocenters. The number of hydrogen-bond donors (Lipinski definition) is 0. The molecule has 1 aliphatic rings. The lowest BCUT2D eigenvalue weighted by Gasteiger charge is -2.25. The van der Waals surface area contributed by atoms with E-state index in [1.807, 2.05) is 49.5 Å². The molecule has 1 saturated heterocycles. The van der Waals surface area contributed by atoms with Gasteiger partial charge in [-0.2, -0.15) is 0 Å². The number of nitrogens with zero attached hydrogens (tertiary/aromatic N) is 3. The Hall–Kier alpha value is -2.04. The Morgan fingerprint density at radius 1 is 1.38 bits per heavy atom. The number of aryl methyl sites for hydroxylation is 3. The van der Waals surface area contributed by atoms with Gasteiger partial charge >= 0.3 is 0 Å². The van der Waals surface area contributed by atoms with Crippen molar-refractivity contribution >= 4 is 5.91 Å². The summed E-state index contributed by atoms with van der Waals surface area (Å²) in [6.07, 6.45) is 3.93. The molecule has 1 fully saturated rings. The van der Waals surface area contributed by atoms with Crippen LogP contribution in [0.5, 0.6) is 0 Å². The van der Waals surface area contributed by atoms with Crippen LogP contribution in [0.2, 0.25) is 0 Å². The van der Waals surface area contributed by atoms with Crippen LogP contribution in [0.3, 0.4) is 0 Å². The Morgan fingerprint density at radius 2 is 2.14 bits per heavy atom. The Kier molecular flexibility index (Phi) is 3.35. The molecule has 0 unspecified atom stereocenters. The summed E-state index contributed by atoms with van der Waals surface area (Å²) in [6, 6.07) is 1.99. The van der Waals surface area contributed by atoms with Gasteiger partial charge in [0, 0.05) is 31.0 Å². The fourth-order valence-corrected chi connectivity index (χ4v) is 3.27. The van der Waals surface area contributed by atoms with Gasteiger partial charge in [0.25, 0.3) is 5.91 Å². The number of carbonyl (C=O) groups excluding carboxylic acids is 1. The van der Waals surface area contributed by atoms with Crippen molar-refractivity contribution < 1.29 is 9.32 Å². The highest BCUT2D eigenvalue weighted by atomic mass is 16.5.